The molecular weight excluding hydrogens is 268 g/mol. The second-order valence-electron chi connectivity index (χ2n) is 4.73. The monoisotopic (exact) mass is 284 g/mol. The Morgan fingerprint density at radius 3 is 2.76 bits per heavy atom. The predicted octanol–water partition coefficient (Wildman–Crippen LogP) is 2.20. The zero-order valence-corrected chi connectivity index (χ0v) is 11.6. The van der Waals surface area contributed by atoms with Crippen molar-refractivity contribution in [2.75, 3.05) is 0 Å². The first-order valence-corrected chi connectivity index (χ1v) is 6.58. The Morgan fingerprint density at radius 2 is 2.10 bits per heavy atom. The highest BCUT2D eigenvalue weighted by Gasteiger charge is 2.14. The third kappa shape index (κ3) is 3.89. The van der Waals surface area contributed by atoms with Gasteiger partial charge in [-0.25, -0.2) is 4.79 Å². The highest BCUT2D eigenvalue weighted by atomic mass is 16.4. The van der Waals surface area contributed by atoms with Crippen molar-refractivity contribution >= 4 is 11.9 Å². The number of rotatable bonds is 5. The molecule has 2 aromatic rings. The van der Waals surface area contributed by atoms with Crippen LogP contribution in [0.1, 0.15) is 34.3 Å². The Balaban J connectivity index is 1.98. The van der Waals surface area contributed by atoms with Gasteiger partial charge in [0.25, 0.3) is 0 Å². The Hall–Kier alpha value is -2.69. The summed E-state index contributed by atoms with van der Waals surface area (Å²) < 4.78 is 0. The molecule has 108 valence electrons. The minimum atomic E-state index is -0.980. The summed E-state index contributed by atoms with van der Waals surface area (Å²) in [6.45, 7) is 2.10. The summed E-state index contributed by atoms with van der Waals surface area (Å²) in [7, 11) is 0. The summed E-state index contributed by atoms with van der Waals surface area (Å²) in [6, 6.07) is 10.2. The van der Waals surface area contributed by atoms with Crippen molar-refractivity contribution in [2.45, 2.75) is 19.4 Å². The van der Waals surface area contributed by atoms with Crippen LogP contribution in [0.4, 0.5) is 0 Å². The Bertz CT molecular complexity index is 641. The number of carboxylic acid groups (broad SMARTS) is 1. The Morgan fingerprint density at radius 1 is 1.29 bits per heavy atom. The maximum atomic E-state index is 12.1. The lowest BCUT2D eigenvalue weighted by molar-refractivity contribution is -0.122. The molecule has 0 aliphatic carbocycles. The van der Waals surface area contributed by atoms with Crippen molar-refractivity contribution < 1.29 is 14.7 Å². The van der Waals surface area contributed by atoms with E-state index >= 15 is 0 Å². The van der Waals surface area contributed by atoms with Gasteiger partial charge in [0.2, 0.25) is 5.91 Å². The first-order chi connectivity index (χ1) is 10.1. The maximum Gasteiger partial charge on any atom is 0.335 e. The standard InChI is InChI=1S/C16H16N2O3/c1-11(14-6-3-7-17-10-14)15(19)18-9-12-4-2-5-13(8-12)16(20)21/h2-8,10-11H,9H2,1H3,(H,18,19)(H,20,21)/t11-/m1/s1. The van der Waals surface area contributed by atoms with Gasteiger partial charge in [-0.1, -0.05) is 18.2 Å². The fraction of sp³-hybridized carbons (Fsp3) is 0.188. The quantitative estimate of drug-likeness (QED) is 0.882. The van der Waals surface area contributed by atoms with E-state index < -0.39 is 5.97 Å². The summed E-state index contributed by atoms with van der Waals surface area (Å²) in [5.41, 5.74) is 1.80. The van der Waals surface area contributed by atoms with E-state index in [9.17, 15) is 9.59 Å². The molecule has 1 heterocycles. The van der Waals surface area contributed by atoms with Gasteiger partial charge in [0.05, 0.1) is 11.5 Å². The van der Waals surface area contributed by atoms with Gasteiger partial charge < -0.3 is 10.4 Å². The van der Waals surface area contributed by atoms with Crippen molar-refractivity contribution in [3.63, 3.8) is 0 Å². The summed E-state index contributed by atoms with van der Waals surface area (Å²) in [6.07, 6.45) is 3.32. The maximum absolute atomic E-state index is 12.1. The van der Waals surface area contributed by atoms with Crippen molar-refractivity contribution in [2.24, 2.45) is 0 Å². The van der Waals surface area contributed by atoms with E-state index in [2.05, 4.69) is 10.3 Å². The molecule has 1 amide bonds. The summed E-state index contributed by atoms with van der Waals surface area (Å²) >= 11 is 0. The zero-order chi connectivity index (χ0) is 15.2. The number of nitrogens with one attached hydrogen (secondary N) is 1. The molecule has 0 aliphatic heterocycles. The first-order valence-electron chi connectivity index (χ1n) is 6.58. The number of carboxylic acids is 1. The minimum absolute atomic E-state index is 0.122. The Kier molecular flexibility index (Phi) is 4.66. The van der Waals surface area contributed by atoms with E-state index in [1.165, 1.54) is 6.07 Å². The molecule has 0 saturated heterocycles. The van der Waals surface area contributed by atoms with Crippen LogP contribution >= 0.6 is 0 Å². The second kappa shape index (κ2) is 6.65. The van der Waals surface area contributed by atoms with Gasteiger partial charge in [-0.05, 0) is 36.2 Å². The minimum Gasteiger partial charge on any atom is -0.478 e. The molecule has 5 nitrogen and oxygen atoms in total. The normalized spacial score (nSPS) is 11.7. The predicted molar refractivity (Wildman–Crippen MR) is 77.9 cm³/mol. The average molecular weight is 284 g/mol. The van der Waals surface area contributed by atoms with Gasteiger partial charge in [0.1, 0.15) is 0 Å². The van der Waals surface area contributed by atoms with Crippen molar-refractivity contribution in [1.29, 1.82) is 0 Å². The molecule has 2 rings (SSSR count). The van der Waals surface area contributed by atoms with Gasteiger partial charge in [0, 0.05) is 18.9 Å². The number of hydrogen-bond acceptors (Lipinski definition) is 3. The van der Waals surface area contributed by atoms with Crippen molar-refractivity contribution in [1.82, 2.24) is 10.3 Å². The van der Waals surface area contributed by atoms with Gasteiger partial charge in [-0.2, -0.15) is 0 Å². The topological polar surface area (TPSA) is 79.3 Å². The van der Waals surface area contributed by atoms with E-state index in [1.807, 2.05) is 6.07 Å². The highest BCUT2D eigenvalue weighted by Crippen LogP contribution is 2.13. The SMILES string of the molecule is C[C@@H](C(=O)NCc1cccc(C(=O)O)c1)c1cccnc1. The number of benzene rings is 1. The molecule has 0 fully saturated rings. The van der Waals surface area contributed by atoms with Crippen LogP contribution in [0.2, 0.25) is 0 Å². The van der Waals surface area contributed by atoms with Crippen LogP contribution in [0.15, 0.2) is 48.8 Å². The smallest absolute Gasteiger partial charge is 0.335 e. The van der Waals surface area contributed by atoms with Gasteiger partial charge in [-0.15, -0.1) is 0 Å². The number of aromatic carboxylic acids is 1. The zero-order valence-electron chi connectivity index (χ0n) is 11.6. The lowest BCUT2D eigenvalue weighted by atomic mass is 10.0. The average Bonchev–Trinajstić information content (AvgIpc) is 2.53. The Labute approximate surface area is 122 Å². The van der Waals surface area contributed by atoms with E-state index in [1.54, 1.807) is 43.6 Å². The molecule has 0 saturated carbocycles. The number of carbonyl (C=O) groups is 2. The summed E-state index contributed by atoms with van der Waals surface area (Å²) in [4.78, 5) is 27.0. The number of hydrogen-bond donors (Lipinski definition) is 2. The second-order valence-corrected chi connectivity index (χ2v) is 4.73. The van der Waals surface area contributed by atoms with Crippen LogP contribution < -0.4 is 5.32 Å². The lowest BCUT2D eigenvalue weighted by Crippen LogP contribution is -2.27. The highest BCUT2D eigenvalue weighted by molar-refractivity contribution is 5.87. The molecule has 21 heavy (non-hydrogen) atoms. The third-order valence-electron chi connectivity index (χ3n) is 3.22. The molecule has 1 atom stereocenters. The summed E-state index contributed by atoms with van der Waals surface area (Å²) in [5.74, 6) is -1.41. The molecule has 0 unspecified atom stereocenters. The van der Waals surface area contributed by atoms with E-state index in [0.29, 0.717) is 6.54 Å². The fourth-order valence-corrected chi connectivity index (χ4v) is 1.94. The molecule has 0 radical (unpaired) electrons. The van der Waals surface area contributed by atoms with Crippen LogP contribution in [-0.4, -0.2) is 22.0 Å². The largest absolute Gasteiger partial charge is 0.478 e. The van der Waals surface area contributed by atoms with Crippen LogP contribution in [0.5, 0.6) is 0 Å². The molecule has 1 aromatic carbocycles. The molecule has 5 heteroatoms. The van der Waals surface area contributed by atoms with Crippen LogP contribution in [0.3, 0.4) is 0 Å². The number of amides is 1. The summed E-state index contributed by atoms with van der Waals surface area (Å²) in [5, 5.41) is 11.7. The molecule has 0 spiro atoms. The van der Waals surface area contributed by atoms with Crippen molar-refractivity contribution in [3.8, 4) is 0 Å². The van der Waals surface area contributed by atoms with Crippen molar-refractivity contribution in [3.05, 3.63) is 65.5 Å². The third-order valence-corrected chi connectivity index (χ3v) is 3.22. The van der Waals surface area contributed by atoms with Gasteiger partial charge in [0.15, 0.2) is 0 Å². The van der Waals surface area contributed by atoms with Gasteiger partial charge in [-0.3, -0.25) is 9.78 Å². The molecule has 0 aliphatic rings. The van der Waals surface area contributed by atoms with Crippen LogP contribution in [-0.2, 0) is 11.3 Å². The molecular formula is C16H16N2O3. The van der Waals surface area contributed by atoms with Crippen LogP contribution in [0.25, 0.3) is 0 Å². The number of carbonyl (C=O) groups excluding carboxylic acids is 1. The first kappa shape index (κ1) is 14.7. The molecule has 0 bridgehead atoms. The van der Waals surface area contributed by atoms with E-state index in [-0.39, 0.29) is 17.4 Å². The van der Waals surface area contributed by atoms with Crippen LogP contribution in [0, 0.1) is 0 Å². The number of pyridine rings is 1. The number of nitrogens with zero attached hydrogens (tertiary/aromatic N) is 1. The molecule has 1 aromatic heterocycles. The number of aromatic nitrogens is 1. The lowest BCUT2D eigenvalue weighted by Gasteiger charge is -2.12. The van der Waals surface area contributed by atoms with E-state index in [0.717, 1.165) is 11.1 Å². The fourth-order valence-electron chi connectivity index (χ4n) is 1.94. The van der Waals surface area contributed by atoms with E-state index in [4.69, 9.17) is 5.11 Å². The van der Waals surface area contributed by atoms with Gasteiger partial charge >= 0.3 is 5.97 Å². The molecule has 2 N–H and O–H groups in total.